The van der Waals surface area contributed by atoms with Crippen LogP contribution in [0.1, 0.15) is 119 Å². The second-order valence-electron chi connectivity index (χ2n) is 18.0. The van der Waals surface area contributed by atoms with Gasteiger partial charge < -0.3 is 29.5 Å². The minimum Gasteiger partial charge on any atom is -0.476 e. The Balaban J connectivity index is 0.000000270. The third kappa shape index (κ3) is 11.1. The lowest BCUT2D eigenvalue weighted by Gasteiger charge is -2.32. The highest BCUT2D eigenvalue weighted by molar-refractivity contribution is 7.13. The molecular weight excluding hydrogens is 874 g/mol. The van der Waals surface area contributed by atoms with Crippen LogP contribution in [0.2, 0.25) is 5.02 Å². The maximum absolute atomic E-state index is 13.0. The molecule has 6 aromatic rings. The van der Waals surface area contributed by atoms with Gasteiger partial charge in [-0.15, -0.1) is 11.3 Å². The van der Waals surface area contributed by atoms with Crippen LogP contribution in [0.5, 0.6) is 5.88 Å². The van der Waals surface area contributed by atoms with Gasteiger partial charge in [0.15, 0.2) is 0 Å². The number of β-amino-alcohol motifs (C(OH)–C–C–N with tert-alkyl or cyclic N) is 1. The summed E-state index contributed by atoms with van der Waals surface area (Å²) in [6.45, 7) is 17.2. The average Bonchev–Trinajstić information content (AvgIpc) is 4.11. The number of carbonyl (C=O) groups is 2. The van der Waals surface area contributed by atoms with Crippen LogP contribution in [0.3, 0.4) is 0 Å². The van der Waals surface area contributed by atoms with Crippen LogP contribution in [-0.4, -0.2) is 92.3 Å². The molecule has 0 bridgehead atoms. The molecule has 6 heterocycles. The van der Waals surface area contributed by atoms with Gasteiger partial charge in [0.1, 0.15) is 11.6 Å². The van der Waals surface area contributed by atoms with E-state index in [0.29, 0.717) is 54.1 Å². The number of aryl methyl sites for hydroxylation is 1. The molecule has 3 aromatic carbocycles. The van der Waals surface area contributed by atoms with E-state index in [-0.39, 0.29) is 23.9 Å². The maximum atomic E-state index is 13.0. The number of unbranched alkanes of at least 4 members (excludes halogenated alkanes) is 1. The van der Waals surface area contributed by atoms with Crippen molar-refractivity contribution < 1.29 is 24.0 Å². The second kappa shape index (κ2) is 21.9. The zero-order chi connectivity index (χ0) is 47.0. The number of aromatic nitrogens is 4. The lowest BCUT2D eigenvalue weighted by molar-refractivity contribution is -0.130. The molecule has 3 aliphatic heterocycles. The monoisotopic (exact) mass is 935 g/mol. The number of aliphatic hydroxyl groups is 1. The fourth-order valence-electron chi connectivity index (χ4n) is 8.99. The predicted octanol–water partition coefficient (Wildman–Crippen LogP) is 9.18. The quantitative estimate of drug-likeness (QED) is 0.0846. The van der Waals surface area contributed by atoms with Crippen molar-refractivity contribution in [3.05, 3.63) is 122 Å². The van der Waals surface area contributed by atoms with E-state index in [4.69, 9.17) is 20.9 Å². The third-order valence-corrected chi connectivity index (χ3v) is 13.9. The molecule has 350 valence electrons. The fourth-order valence-corrected chi connectivity index (χ4v) is 10.1. The Labute approximate surface area is 396 Å². The van der Waals surface area contributed by atoms with Gasteiger partial charge >= 0.3 is 0 Å². The van der Waals surface area contributed by atoms with E-state index in [0.717, 1.165) is 80.0 Å². The molecule has 2 N–H and O–H groups in total. The van der Waals surface area contributed by atoms with E-state index < -0.39 is 11.5 Å². The van der Waals surface area contributed by atoms with Gasteiger partial charge in [0.05, 0.1) is 68.3 Å². The highest BCUT2D eigenvalue weighted by Crippen LogP contribution is 2.45. The zero-order valence-corrected chi connectivity index (χ0v) is 40.5. The van der Waals surface area contributed by atoms with Gasteiger partial charge in [0.25, 0.3) is 11.4 Å². The topological polar surface area (TPSA) is 156 Å². The summed E-state index contributed by atoms with van der Waals surface area (Å²) >= 11 is 8.07. The van der Waals surface area contributed by atoms with E-state index >= 15 is 0 Å². The van der Waals surface area contributed by atoms with Crippen LogP contribution >= 0.6 is 22.9 Å². The molecule has 2 atom stereocenters. The number of amides is 2. The Morgan fingerprint density at radius 1 is 1.06 bits per heavy atom. The van der Waals surface area contributed by atoms with Gasteiger partial charge in [-0.3, -0.25) is 19.0 Å². The number of piperidine rings is 1. The smallest absolute Gasteiger partial charge is 0.282 e. The molecule has 3 aliphatic rings. The van der Waals surface area contributed by atoms with Crippen LogP contribution in [0, 0.1) is 6.92 Å². The summed E-state index contributed by atoms with van der Waals surface area (Å²) < 4.78 is 13.2. The lowest BCUT2D eigenvalue weighted by atomic mass is 9.81. The lowest BCUT2D eigenvalue weighted by Crippen LogP contribution is -2.33. The van der Waals surface area contributed by atoms with Crippen molar-refractivity contribution in [1.29, 1.82) is 0 Å². The van der Waals surface area contributed by atoms with Crippen molar-refractivity contribution in [2.75, 3.05) is 39.3 Å². The number of benzene rings is 3. The standard InChI is InChI=1S/C35H40ClN5O5.C13H14N2OS.C3H8/c1-35(2)26-18-23(8-9-28(26)41-29-7-5-6-27(36)32(29)33(44)37-34(35)41)22-10-14-39(15-11-22)13-3-4-17-45-30-19-25(46-38-30)20-31(43)40-16-12-24(42)21-40;1-9(14-7-16)11-3-5-12(6-4-11)13-10(2)15-8-17-13;1-3-2/h5-9,18-19,22,24,42H,3-4,10-17,20-21H2,1-2H3;3-9H,1-2H3,(H,14,16);3H2,1-2H3/t;9-;/m.0./s1. The van der Waals surface area contributed by atoms with E-state index in [1.807, 2.05) is 43.6 Å². The van der Waals surface area contributed by atoms with E-state index in [9.17, 15) is 19.5 Å². The van der Waals surface area contributed by atoms with E-state index in [1.54, 1.807) is 28.4 Å². The first-order valence-corrected chi connectivity index (χ1v) is 24.4. The molecule has 9 rings (SSSR count). The zero-order valence-electron chi connectivity index (χ0n) is 38.9. The molecule has 0 spiro atoms. The number of hydrogen-bond donors (Lipinski definition) is 2. The van der Waals surface area contributed by atoms with Gasteiger partial charge in [0.2, 0.25) is 12.3 Å². The number of carbonyl (C=O) groups excluding carboxylic acids is 2. The highest BCUT2D eigenvalue weighted by Gasteiger charge is 2.39. The van der Waals surface area contributed by atoms with Crippen LogP contribution in [0.4, 0.5) is 0 Å². The molecule has 2 fully saturated rings. The summed E-state index contributed by atoms with van der Waals surface area (Å²) in [5, 5.41) is 17.2. The normalized spacial score (nSPS) is 17.0. The Hall–Kier alpha value is -5.41. The number of aliphatic hydroxyl groups excluding tert-OH is 1. The number of nitrogens with zero attached hydrogens (tertiary/aromatic N) is 6. The van der Waals surface area contributed by atoms with Crippen molar-refractivity contribution >= 4 is 46.2 Å². The molecule has 0 saturated carbocycles. The Morgan fingerprint density at radius 3 is 2.50 bits per heavy atom. The summed E-state index contributed by atoms with van der Waals surface area (Å²) in [5.74, 6) is 2.07. The minimum absolute atomic E-state index is 0.0455. The first-order valence-electron chi connectivity index (χ1n) is 23.2. The van der Waals surface area contributed by atoms with E-state index in [2.05, 4.69) is 87.9 Å². The molecule has 66 heavy (non-hydrogen) atoms. The van der Waals surface area contributed by atoms with Crippen LogP contribution in [-0.2, 0) is 21.4 Å². The largest absolute Gasteiger partial charge is 0.476 e. The summed E-state index contributed by atoms with van der Waals surface area (Å²) in [7, 11) is 0. The van der Waals surface area contributed by atoms with Gasteiger partial charge in [-0.1, -0.05) is 74.3 Å². The third-order valence-electron chi connectivity index (χ3n) is 12.7. The summed E-state index contributed by atoms with van der Waals surface area (Å²) in [5.41, 5.74) is 8.94. The Bertz CT molecular complexity index is 2650. The second-order valence-corrected chi connectivity index (χ2v) is 19.2. The molecule has 15 heteroatoms. The fraction of sp³-hybridized carbons (Fsp3) is 0.451. The molecule has 0 radical (unpaired) electrons. The molecule has 13 nitrogen and oxygen atoms in total. The predicted molar refractivity (Wildman–Crippen MR) is 261 cm³/mol. The number of thiazole rings is 1. The number of ether oxygens (including phenoxy) is 1. The van der Waals surface area contributed by atoms with Crippen LogP contribution in [0.25, 0.3) is 27.0 Å². The van der Waals surface area contributed by atoms with Crippen LogP contribution < -0.4 is 15.6 Å². The maximum Gasteiger partial charge on any atom is 0.282 e. The molecule has 1 unspecified atom stereocenters. The summed E-state index contributed by atoms with van der Waals surface area (Å²) in [6.07, 6.45) is 6.43. The van der Waals surface area contributed by atoms with Gasteiger partial charge in [-0.2, -0.15) is 4.98 Å². The summed E-state index contributed by atoms with van der Waals surface area (Å²) in [6, 6.07) is 22.3. The molecule has 2 saturated heterocycles. The first-order chi connectivity index (χ1) is 31.8. The van der Waals surface area contributed by atoms with Crippen molar-refractivity contribution in [2.24, 2.45) is 0 Å². The van der Waals surface area contributed by atoms with Crippen molar-refractivity contribution in [2.45, 2.75) is 110 Å². The Kier molecular flexibility index (Phi) is 16.1. The highest BCUT2D eigenvalue weighted by atomic mass is 35.5. The number of halogens is 1. The number of nitrogens with one attached hydrogen (secondary N) is 1. The number of likely N-dealkylation sites (tertiary alicyclic amines) is 2. The minimum atomic E-state index is -0.434. The van der Waals surface area contributed by atoms with Gasteiger partial charge in [0, 0.05) is 19.2 Å². The Morgan fingerprint density at radius 2 is 1.82 bits per heavy atom. The van der Waals surface area contributed by atoms with E-state index in [1.165, 1.54) is 28.0 Å². The van der Waals surface area contributed by atoms with Crippen molar-refractivity contribution in [3.63, 3.8) is 0 Å². The molecular formula is C51H62ClN7O6S. The first kappa shape index (κ1) is 48.5. The van der Waals surface area contributed by atoms with Crippen LogP contribution in [0.15, 0.2) is 81.6 Å². The average molecular weight is 937 g/mol. The number of hydrogen-bond acceptors (Lipinski definition) is 11. The van der Waals surface area contributed by atoms with Gasteiger partial charge in [-0.05, 0) is 131 Å². The molecule has 0 aliphatic carbocycles. The summed E-state index contributed by atoms with van der Waals surface area (Å²) in [4.78, 5) is 49.8. The molecule has 2 amide bonds. The van der Waals surface area contributed by atoms with Crippen molar-refractivity contribution in [1.82, 2.24) is 34.8 Å². The number of rotatable bonds is 13. The number of fused-ring (bicyclic) bond motifs is 5. The van der Waals surface area contributed by atoms with Gasteiger partial charge in [-0.25, -0.2) is 4.98 Å². The SMILES string of the molecule is CC1(C)c2cc(C3CCN(CCCCOc4cc(CC(=O)N5CCC(O)C5)on4)CC3)ccc2-n2c1nc(=O)c1c(Cl)cccc12.CCC.Cc1ncsc1-c1ccc([C@H](C)NC=O)cc1. The van der Waals surface area contributed by atoms with Crippen molar-refractivity contribution in [3.8, 4) is 22.0 Å². The molecule has 3 aromatic heterocycles.